The molecule has 1 aliphatic heterocycles. The fourth-order valence-electron chi connectivity index (χ4n) is 3.09. The number of unbranched alkanes of at least 4 members (excludes halogenated alkanes) is 6. The Labute approximate surface area is 115 Å². The molecule has 1 unspecified atom stereocenters. The Balaban J connectivity index is 2.02. The van der Waals surface area contributed by atoms with Gasteiger partial charge in [0.2, 0.25) is 0 Å². The first-order valence-corrected chi connectivity index (χ1v) is 8.27. The average molecular weight is 254 g/mol. The molecule has 0 radical (unpaired) electrons. The molecule has 0 aromatic heterocycles. The normalized spacial score (nSPS) is 21.3. The van der Waals surface area contributed by atoms with E-state index in [9.17, 15) is 0 Å². The van der Waals surface area contributed by atoms with Crippen LogP contribution in [-0.2, 0) is 0 Å². The minimum atomic E-state index is 0.809. The van der Waals surface area contributed by atoms with Gasteiger partial charge in [-0.1, -0.05) is 51.9 Å². The first-order valence-electron chi connectivity index (χ1n) is 8.27. The first kappa shape index (κ1) is 16.0. The Morgan fingerprint density at radius 3 is 2.44 bits per heavy atom. The highest BCUT2D eigenvalue weighted by Crippen LogP contribution is 2.17. The molecule has 1 N–H and O–H groups in total. The fourth-order valence-corrected chi connectivity index (χ4v) is 3.09. The SMILES string of the molecule is CCCCCCCCCN1CCCCC1CNC. The summed E-state index contributed by atoms with van der Waals surface area (Å²) in [6, 6.07) is 0.809. The number of rotatable bonds is 10. The second-order valence-electron chi connectivity index (χ2n) is 5.86. The molecular weight excluding hydrogens is 220 g/mol. The van der Waals surface area contributed by atoms with Crippen LogP contribution in [0.2, 0.25) is 0 Å². The van der Waals surface area contributed by atoms with Crippen LogP contribution in [0.5, 0.6) is 0 Å². The highest BCUT2D eigenvalue weighted by molar-refractivity contribution is 4.78. The van der Waals surface area contributed by atoms with Crippen LogP contribution in [0.1, 0.15) is 71.1 Å². The molecule has 108 valence electrons. The van der Waals surface area contributed by atoms with E-state index in [2.05, 4.69) is 24.2 Å². The minimum Gasteiger partial charge on any atom is -0.318 e. The molecule has 0 bridgehead atoms. The lowest BCUT2D eigenvalue weighted by Gasteiger charge is -2.35. The van der Waals surface area contributed by atoms with Crippen LogP contribution in [0.15, 0.2) is 0 Å². The zero-order valence-corrected chi connectivity index (χ0v) is 12.7. The van der Waals surface area contributed by atoms with Crippen molar-refractivity contribution in [1.29, 1.82) is 0 Å². The summed E-state index contributed by atoms with van der Waals surface area (Å²) < 4.78 is 0. The molecule has 0 aromatic carbocycles. The number of nitrogens with zero attached hydrogens (tertiary/aromatic N) is 1. The number of likely N-dealkylation sites (tertiary alicyclic amines) is 1. The fraction of sp³-hybridized carbons (Fsp3) is 1.00. The van der Waals surface area contributed by atoms with Crippen LogP contribution in [0.3, 0.4) is 0 Å². The summed E-state index contributed by atoms with van der Waals surface area (Å²) in [5, 5.41) is 3.35. The van der Waals surface area contributed by atoms with E-state index in [1.54, 1.807) is 0 Å². The quantitative estimate of drug-likeness (QED) is 0.596. The van der Waals surface area contributed by atoms with E-state index in [-0.39, 0.29) is 0 Å². The maximum atomic E-state index is 3.35. The van der Waals surface area contributed by atoms with Crippen molar-refractivity contribution in [2.75, 3.05) is 26.7 Å². The third kappa shape index (κ3) is 6.75. The van der Waals surface area contributed by atoms with Gasteiger partial charge in [-0.2, -0.15) is 0 Å². The van der Waals surface area contributed by atoms with Gasteiger partial charge in [-0.15, -0.1) is 0 Å². The van der Waals surface area contributed by atoms with Crippen molar-refractivity contribution < 1.29 is 0 Å². The number of likely N-dealkylation sites (N-methyl/N-ethyl adjacent to an activating group) is 1. The zero-order chi connectivity index (χ0) is 13.1. The Kier molecular flexibility index (Phi) is 9.59. The largest absolute Gasteiger partial charge is 0.318 e. The van der Waals surface area contributed by atoms with Gasteiger partial charge < -0.3 is 5.32 Å². The molecule has 1 atom stereocenters. The summed E-state index contributed by atoms with van der Waals surface area (Å²) in [6.07, 6.45) is 14.2. The van der Waals surface area contributed by atoms with Gasteiger partial charge >= 0.3 is 0 Å². The van der Waals surface area contributed by atoms with Gasteiger partial charge in [0.15, 0.2) is 0 Å². The van der Waals surface area contributed by atoms with Crippen LogP contribution in [0, 0.1) is 0 Å². The molecule has 0 aromatic rings. The van der Waals surface area contributed by atoms with Gasteiger partial charge in [0.1, 0.15) is 0 Å². The zero-order valence-electron chi connectivity index (χ0n) is 12.7. The monoisotopic (exact) mass is 254 g/mol. The van der Waals surface area contributed by atoms with Gasteiger partial charge in [0, 0.05) is 12.6 Å². The lowest BCUT2D eigenvalue weighted by atomic mass is 10.0. The van der Waals surface area contributed by atoms with E-state index < -0.39 is 0 Å². The molecule has 2 nitrogen and oxygen atoms in total. The Bertz CT molecular complexity index is 180. The molecule has 1 fully saturated rings. The summed E-state index contributed by atoms with van der Waals surface area (Å²) in [4.78, 5) is 2.73. The third-order valence-corrected chi connectivity index (χ3v) is 4.24. The lowest BCUT2D eigenvalue weighted by Crippen LogP contribution is -2.45. The Hall–Kier alpha value is -0.0800. The van der Waals surface area contributed by atoms with Crippen molar-refractivity contribution in [1.82, 2.24) is 10.2 Å². The summed E-state index contributed by atoms with van der Waals surface area (Å²) in [5.41, 5.74) is 0. The number of piperidine rings is 1. The second kappa shape index (κ2) is 10.8. The molecule has 1 saturated heterocycles. The molecule has 0 saturated carbocycles. The molecule has 1 rings (SSSR count). The maximum absolute atomic E-state index is 3.35. The molecule has 0 spiro atoms. The van der Waals surface area contributed by atoms with Gasteiger partial charge in [0.05, 0.1) is 0 Å². The standard InChI is InChI=1S/C16H34N2/c1-3-4-5-6-7-8-10-13-18-14-11-9-12-16(18)15-17-2/h16-17H,3-15H2,1-2H3. The van der Waals surface area contributed by atoms with Crippen LogP contribution in [0.25, 0.3) is 0 Å². The third-order valence-electron chi connectivity index (χ3n) is 4.24. The highest BCUT2D eigenvalue weighted by Gasteiger charge is 2.20. The minimum absolute atomic E-state index is 0.809. The molecule has 0 amide bonds. The lowest BCUT2D eigenvalue weighted by molar-refractivity contribution is 0.144. The van der Waals surface area contributed by atoms with Crippen molar-refractivity contribution in [3.8, 4) is 0 Å². The number of hydrogen-bond acceptors (Lipinski definition) is 2. The van der Waals surface area contributed by atoms with Crippen molar-refractivity contribution >= 4 is 0 Å². The first-order chi connectivity index (χ1) is 8.88. The van der Waals surface area contributed by atoms with E-state index in [1.165, 1.54) is 83.8 Å². The Morgan fingerprint density at radius 1 is 1.00 bits per heavy atom. The maximum Gasteiger partial charge on any atom is 0.0220 e. The molecule has 2 heteroatoms. The van der Waals surface area contributed by atoms with Gasteiger partial charge in [-0.05, 0) is 39.4 Å². The van der Waals surface area contributed by atoms with E-state index in [0.29, 0.717) is 0 Å². The summed E-state index contributed by atoms with van der Waals surface area (Å²) in [6.45, 7) is 6.14. The van der Waals surface area contributed by atoms with Gasteiger partial charge in [-0.3, -0.25) is 4.90 Å². The molecule has 0 aliphatic carbocycles. The van der Waals surface area contributed by atoms with E-state index >= 15 is 0 Å². The molecule has 1 aliphatic rings. The van der Waals surface area contributed by atoms with Crippen LogP contribution in [-0.4, -0.2) is 37.6 Å². The van der Waals surface area contributed by atoms with Crippen LogP contribution in [0.4, 0.5) is 0 Å². The van der Waals surface area contributed by atoms with E-state index in [0.717, 1.165) is 6.04 Å². The topological polar surface area (TPSA) is 15.3 Å². The predicted octanol–water partition coefficient (Wildman–Crippen LogP) is 3.81. The van der Waals surface area contributed by atoms with E-state index in [4.69, 9.17) is 0 Å². The predicted molar refractivity (Wildman–Crippen MR) is 81.1 cm³/mol. The van der Waals surface area contributed by atoms with Gasteiger partial charge in [-0.25, -0.2) is 0 Å². The summed E-state index contributed by atoms with van der Waals surface area (Å²) >= 11 is 0. The number of hydrogen-bond donors (Lipinski definition) is 1. The van der Waals surface area contributed by atoms with Crippen LogP contribution >= 0.6 is 0 Å². The van der Waals surface area contributed by atoms with Crippen molar-refractivity contribution in [2.24, 2.45) is 0 Å². The van der Waals surface area contributed by atoms with E-state index in [1.807, 2.05) is 0 Å². The van der Waals surface area contributed by atoms with Gasteiger partial charge in [0.25, 0.3) is 0 Å². The molecule has 1 heterocycles. The highest BCUT2D eigenvalue weighted by atomic mass is 15.2. The van der Waals surface area contributed by atoms with Crippen molar-refractivity contribution in [2.45, 2.75) is 77.2 Å². The van der Waals surface area contributed by atoms with Crippen molar-refractivity contribution in [3.05, 3.63) is 0 Å². The average Bonchev–Trinajstić information content (AvgIpc) is 2.40. The molecule has 18 heavy (non-hydrogen) atoms. The summed E-state index contributed by atoms with van der Waals surface area (Å²) in [7, 11) is 2.08. The smallest absolute Gasteiger partial charge is 0.0220 e. The number of nitrogens with one attached hydrogen (secondary N) is 1. The van der Waals surface area contributed by atoms with Crippen molar-refractivity contribution in [3.63, 3.8) is 0 Å². The summed E-state index contributed by atoms with van der Waals surface area (Å²) in [5.74, 6) is 0. The Morgan fingerprint density at radius 2 is 1.72 bits per heavy atom. The van der Waals surface area contributed by atoms with Crippen LogP contribution < -0.4 is 5.32 Å². The molecular formula is C16H34N2. The second-order valence-corrected chi connectivity index (χ2v) is 5.86.